The van der Waals surface area contributed by atoms with E-state index in [4.69, 9.17) is 4.74 Å². The van der Waals surface area contributed by atoms with Crippen LogP contribution in [-0.4, -0.2) is 57.0 Å². The van der Waals surface area contributed by atoms with Crippen molar-refractivity contribution in [3.05, 3.63) is 18.2 Å². The van der Waals surface area contributed by atoms with E-state index in [1.807, 2.05) is 23.9 Å². The molecule has 0 aliphatic carbocycles. The van der Waals surface area contributed by atoms with Gasteiger partial charge in [0, 0.05) is 31.6 Å². The maximum absolute atomic E-state index is 13.3. The van der Waals surface area contributed by atoms with Crippen LogP contribution in [0.15, 0.2) is 23.1 Å². The van der Waals surface area contributed by atoms with Crippen molar-refractivity contribution in [2.75, 3.05) is 43.1 Å². The first-order valence-electron chi connectivity index (χ1n) is 8.48. The van der Waals surface area contributed by atoms with Gasteiger partial charge in [-0.15, -0.1) is 0 Å². The predicted molar refractivity (Wildman–Crippen MR) is 99.7 cm³/mol. The number of likely N-dealkylation sites (N-methyl/N-ethyl adjacent to an activating group) is 1. The SMILES string of the molecule is CC(C)C[C@H]1COc2cccc(N3CCSCC3)c2S(=O)(=O)N1C. The van der Waals surface area contributed by atoms with Crippen LogP contribution >= 0.6 is 11.8 Å². The molecule has 1 atom stereocenters. The Morgan fingerprint density at radius 1 is 1.29 bits per heavy atom. The average molecular weight is 371 g/mol. The minimum atomic E-state index is -3.57. The summed E-state index contributed by atoms with van der Waals surface area (Å²) in [5.74, 6) is 2.95. The van der Waals surface area contributed by atoms with E-state index < -0.39 is 10.0 Å². The normalized spacial score (nSPS) is 24.3. The predicted octanol–water partition coefficient (Wildman–Crippen LogP) is 2.67. The molecule has 0 N–H and O–H groups in total. The van der Waals surface area contributed by atoms with Crippen LogP contribution in [0.3, 0.4) is 0 Å². The molecule has 3 rings (SSSR count). The third kappa shape index (κ3) is 3.39. The monoisotopic (exact) mass is 370 g/mol. The Hall–Kier alpha value is -0.920. The van der Waals surface area contributed by atoms with E-state index in [1.165, 1.54) is 4.31 Å². The van der Waals surface area contributed by atoms with Gasteiger partial charge in [-0.1, -0.05) is 19.9 Å². The van der Waals surface area contributed by atoms with Crippen molar-refractivity contribution in [1.82, 2.24) is 4.31 Å². The van der Waals surface area contributed by atoms with Crippen molar-refractivity contribution in [3.63, 3.8) is 0 Å². The summed E-state index contributed by atoms with van der Waals surface area (Å²) in [4.78, 5) is 2.51. The smallest absolute Gasteiger partial charge is 0.248 e. The second-order valence-corrected chi connectivity index (χ2v) is 9.98. The summed E-state index contributed by atoms with van der Waals surface area (Å²) >= 11 is 1.91. The number of fused-ring (bicyclic) bond motifs is 1. The van der Waals surface area contributed by atoms with Gasteiger partial charge in [0.05, 0.1) is 11.7 Å². The Morgan fingerprint density at radius 2 is 2.00 bits per heavy atom. The zero-order chi connectivity index (χ0) is 17.3. The molecular weight excluding hydrogens is 344 g/mol. The van der Waals surface area contributed by atoms with E-state index in [0.29, 0.717) is 23.2 Å². The quantitative estimate of drug-likeness (QED) is 0.819. The van der Waals surface area contributed by atoms with Gasteiger partial charge >= 0.3 is 0 Å². The van der Waals surface area contributed by atoms with Crippen LogP contribution in [-0.2, 0) is 10.0 Å². The highest BCUT2D eigenvalue weighted by Gasteiger charge is 2.37. The number of rotatable bonds is 3. The Morgan fingerprint density at radius 3 is 2.67 bits per heavy atom. The lowest BCUT2D eigenvalue weighted by Gasteiger charge is -2.31. The van der Waals surface area contributed by atoms with Gasteiger partial charge in [0.25, 0.3) is 0 Å². The van der Waals surface area contributed by atoms with Gasteiger partial charge in [0.2, 0.25) is 10.0 Å². The van der Waals surface area contributed by atoms with Crippen molar-refractivity contribution in [2.45, 2.75) is 31.2 Å². The first kappa shape index (κ1) is 17.9. The van der Waals surface area contributed by atoms with Gasteiger partial charge in [-0.2, -0.15) is 16.1 Å². The van der Waals surface area contributed by atoms with Crippen LogP contribution < -0.4 is 9.64 Å². The summed E-state index contributed by atoms with van der Waals surface area (Å²) in [6.07, 6.45) is 0.791. The Kier molecular flexibility index (Phi) is 5.32. The fourth-order valence-corrected chi connectivity index (χ4v) is 5.90. The molecule has 0 radical (unpaired) electrons. The molecule has 0 amide bonds. The number of sulfonamides is 1. The molecule has 134 valence electrons. The molecule has 0 unspecified atom stereocenters. The largest absolute Gasteiger partial charge is 0.490 e. The second-order valence-electron chi connectivity index (χ2n) is 6.82. The second kappa shape index (κ2) is 7.14. The van der Waals surface area contributed by atoms with E-state index in [0.717, 1.165) is 36.7 Å². The minimum Gasteiger partial charge on any atom is -0.490 e. The van der Waals surface area contributed by atoms with Crippen LogP contribution in [0.5, 0.6) is 5.75 Å². The Labute approximate surface area is 149 Å². The summed E-state index contributed by atoms with van der Waals surface area (Å²) in [5.41, 5.74) is 0.782. The molecule has 1 aromatic rings. The van der Waals surface area contributed by atoms with Gasteiger partial charge in [-0.3, -0.25) is 0 Å². The van der Waals surface area contributed by atoms with Crippen molar-refractivity contribution >= 4 is 27.5 Å². The number of hydrogen-bond acceptors (Lipinski definition) is 5. The molecule has 2 heterocycles. The molecule has 1 aromatic carbocycles. The molecule has 2 aliphatic rings. The maximum Gasteiger partial charge on any atom is 0.248 e. The average Bonchev–Trinajstić information content (AvgIpc) is 2.66. The highest BCUT2D eigenvalue weighted by atomic mass is 32.2. The summed E-state index contributed by atoms with van der Waals surface area (Å²) in [7, 11) is -1.89. The Balaban J connectivity index is 2.04. The molecule has 0 spiro atoms. The molecule has 7 heteroatoms. The summed E-state index contributed by atoms with van der Waals surface area (Å²) in [6.45, 7) is 6.36. The van der Waals surface area contributed by atoms with E-state index in [-0.39, 0.29) is 6.04 Å². The van der Waals surface area contributed by atoms with Crippen LogP contribution in [0.25, 0.3) is 0 Å². The number of nitrogens with zero attached hydrogens (tertiary/aromatic N) is 2. The number of hydrogen-bond donors (Lipinski definition) is 0. The van der Waals surface area contributed by atoms with Gasteiger partial charge in [-0.25, -0.2) is 8.42 Å². The standard InChI is InChI=1S/C17H26N2O3S2/c1-13(2)11-14-12-22-16-6-4-5-15(19-7-9-23-10-8-19)17(16)24(20,21)18(14)3/h4-6,13-14H,7-12H2,1-3H3/t14-/m0/s1. The molecule has 0 saturated carbocycles. The zero-order valence-corrected chi connectivity index (χ0v) is 16.2. The van der Waals surface area contributed by atoms with Crippen molar-refractivity contribution in [3.8, 4) is 5.75 Å². The van der Waals surface area contributed by atoms with Crippen LogP contribution in [0, 0.1) is 5.92 Å². The van der Waals surface area contributed by atoms with Crippen molar-refractivity contribution in [1.29, 1.82) is 0 Å². The minimum absolute atomic E-state index is 0.132. The number of benzene rings is 1. The zero-order valence-electron chi connectivity index (χ0n) is 14.6. The fourth-order valence-electron chi connectivity index (χ4n) is 3.32. The van der Waals surface area contributed by atoms with E-state index in [2.05, 4.69) is 18.7 Å². The lowest BCUT2D eigenvalue weighted by molar-refractivity contribution is 0.207. The molecule has 0 aromatic heterocycles. The third-order valence-corrected chi connectivity index (χ3v) is 7.56. The van der Waals surface area contributed by atoms with E-state index in [9.17, 15) is 8.42 Å². The number of thioether (sulfide) groups is 1. The molecule has 1 saturated heterocycles. The van der Waals surface area contributed by atoms with E-state index in [1.54, 1.807) is 13.1 Å². The molecule has 5 nitrogen and oxygen atoms in total. The van der Waals surface area contributed by atoms with Crippen molar-refractivity contribution in [2.24, 2.45) is 5.92 Å². The molecule has 2 aliphatic heterocycles. The maximum atomic E-state index is 13.3. The third-order valence-electron chi connectivity index (χ3n) is 4.64. The van der Waals surface area contributed by atoms with Crippen molar-refractivity contribution < 1.29 is 13.2 Å². The molecule has 1 fully saturated rings. The summed E-state index contributed by atoms with van der Waals surface area (Å²) < 4.78 is 34.0. The fraction of sp³-hybridized carbons (Fsp3) is 0.647. The lowest BCUT2D eigenvalue weighted by atomic mass is 10.0. The van der Waals surface area contributed by atoms with Gasteiger partial charge in [0.1, 0.15) is 17.3 Å². The topological polar surface area (TPSA) is 49.9 Å². The number of anilines is 1. The summed E-state index contributed by atoms with van der Waals surface area (Å²) in [5, 5.41) is 0. The van der Waals surface area contributed by atoms with Crippen LogP contribution in [0.4, 0.5) is 5.69 Å². The van der Waals surface area contributed by atoms with Gasteiger partial charge in [0.15, 0.2) is 0 Å². The number of ether oxygens (including phenoxy) is 1. The molecule has 0 bridgehead atoms. The van der Waals surface area contributed by atoms with Gasteiger partial charge < -0.3 is 9.64 Å². The molecule has 24 heavy (non-hydrogen) atoms. The highest BCUT2D eigenvalue weighted by molar-refractivity contribution is 7.99. The molecular formula is C17H26N2O3S2. The van der Waals surface area contributed by atoms with Crippen LogP contribution in [0.1, 0.15) is 20.3 Å². The van der Waals surface area contributed by atoms with E-state index >= 15 is 0 Å². The Bertz CT molecular complexity index is 685. The first-order valence-corrected chi connectivity index (χ1v) is 11.1. The highest BCUT2D eigenvalue weighted by Crippen LogP contribution is 2.39. The first-order chi connectivity index (χ1) is 11.4. The van der Waals surface area contributed by atoms with Gasteiger partial charge in [-0.05, 0) is 24.5 Å². The lowest BCUT2D eigenvalue weighted by Crippen LogP contribution is -2.40. The summed E-state index contributed by atoms with van der Waals surface area (Å²) in [6, 6.07) is 5.45. The van der Waals surface area contributed by atoms with Crippen LogP contribution in [0.2, 0.25) is 0 Å².